The molecular weight excluding hydrogens is 433 g/mol. The number of carbonyl (C=O) groups excluding carboxylic acids is 1. The number of hydrogen-bond acceptors (Lipinski definition) is 3. The number of aromatic nitrogens is 2. The van der Waals surface area contributed by atoms with Crippen LogP contribution in [0.25, 0.3) is 11.0 Å². The quantitative estimate of drug-likeness (QED) is 0.402. The summed E-state index contributed by atoms with van der Waals surface area (Å²) < 4.78 is 7.63. The summed E-state index contributed by atoms with van der Waals surface area (Å²) in [6.45, 7) is 1.04. The lowest BCUT2D eigenvalue weighted by atomic mass is 10.2. The molecule has 0 aliphatic rings. The molecule has 3 aromatic carbocycles. The second-order valence-corrected chi connectivity index (χ2v) is 7.87. The van der Waals surface area contributed by atoms with Crippen LogP contribution in [0.5, 0.6) is 5.75 Å². The highest BCUT2D eigenvalue weighted by atomic mass is 35.5. The molecule has 1 amide bonds. The zero-order valence-corrected chi connectivity index (χ0v) is 18.2. The molecule has 0 spiro atoms. The number of nitrogens with one attached hydrogen (secondary N) is 1. The monoisotopic (exact) mass is 453 g/mol. The van der Waals surface area contributed by atoms with Gasteiger partial charge < -0.3 is 14.6 Å². The molecule has 31 heavy (non-hydrogen) atoms. The highest BCUT2D eigenvalue weighted by molar-refractivity contribution is 6.42. The molecule has 1 N–H and O–H groups in total. The van der Waals surface area contributed by atoms with Crippen molar-refractivity contribution in [1.82, 2.24) is 14.9 Å². The Balaban J connectivity index is 1.42. The number of halogens is 2. The van der Waals surface area contributed by atoms with Gasteiger partial charge in [0, 0.05) is 19.5 Å². The topological polar surface area (TPSA) is 56.1 Å². The Kier molecular flexibility index (Phi) is 6.75. The van der Waals surface area contributed by atoms with Gasteiger partial charge in [0.15, 0.2) is 6.61 Å². The van der Waals surface area contributed by atoms with E-state index in [1.807, 2.05) is 66.7 Å². The molecule has 1 aromatic heterocycles. The molecule has 0 aliphatic heterocycles. The van der Waals surface area contributed by atoms with Gasteiger partial charge in [-0.25, -0.2) is 4.98 Å². The summed E-state index contributed by atoms with van der Waals surface area (Å²) in [6.07, 6.45) is 0.590. The maximum Gasteiger partial charge on any atom is 0.257 e. The number of imidazole rings is 1. The number of amides is 1. The predicted octanol–water partition coefficient (Wildman–Crippen LogP) is 5.13. The lowest BCUT2D eigenvalue weighted by Crippen LogP contribution is -2.31. The molecule has 0 saturated heterocycles. The van der Waals surface area contributed by atoms with Gasteiger partial charge in [0.1, 0.15) is 11.6 Å². The summed E-state index contributed by atoms with van der Waals surface area (Å²) in [5, 5.41) is 3.95. The molecule has 0 radical (unpaired) electrons. The van der Waals surface area contributed by atoms with E-state index in [4.69, 9.17) is 32.9 Å². The van der Waals surface area contributed by atoms with E-state index in [9.17, 15) is 4.79 Å². The van der Waals surface area contributed by atoms with Crippen LogP contribution in [-0.4, -0.2) is 28.6 Å². The Bertz CT molecular complexity index is 1190. The summed E-state index contributed by atoms with van der Waals surface area (Å²) in [4.78, 5) is 16.9. The second-order valence-electron chi connectivity index (χ2n) is 7.05. The maximum atomic E-state index is 12.1. The van der Waals surface area contributed by atoms with Gasteiger partial charge in [0.2, 0.25) is 0 Å². The molecule has 7 heteroatoms. The zero-order valence-electron chi connectivity index (χ0n) is 16.7. The third-order valence-corrected chi connectivity index (χ3v) is 5.58. The van der Waals surface area contributed by atoms with E-state index in [1.165, 1.54) is 0 Å². The summed E-state index contributed by atoms with van der Waals surface area (Å²) >= 11 is 12.2. The van der Waals surface area contributed by atoms with E-state index in [1.54, 1.807) is 6.07 Å². The molecule has 0 unspecified atom stereocenters. The SMILES string of the molecule is O=C(COc1ccccc1)NCCc1nc2ccccc2n1Cc1ccc(Cl)c(Cl)c1. The molecule has 0 atom stereocenters. The van der Waals surface area contributed by atoms with Crippen molar-refractivity contribution < 1.29 is 9.53 Å². The van der Waals surface area contributed by atoms with Gasteiger partial charge in [-0.05, 0) is 42.0 Å². The van der Waals surface area contributed by atoms with E-state index in [0.717, 1.165) is 22.4 Å². The first-order valence-corrected chi connectivity index (χ1v) is 10.7. The molecule has 0 saturated carbocycles. The number of hydrogen-bond donors (Lipinski definition) is 1. The fourth-order valence-corrected chi connectivity index (χ4v) is 3.66. The van der Waals surface area contributed by atoms with Gasteiger partial charge in [-0.15, -0.1) is 0 Å². The van der Waals surface area contributed by atoms with Crippen LogP contribution in [0, 0.1) is 0 Å². The number of fused-ring (bicyclic) bond motifs is 1. The standard InChI is InChI=1S/C24H21Cl2N3O2/c25-19-11-10-17(14-20(19)26)15-29-22-9-5-4-8-21(22)28-23(29)12-13-27-24(30)16-31-18-6-2-1-3-7-18/h1-11,14H,12-13,15-16H2,(H,27,30). The van der Waals surface area contributed by atoms with Gasteiger partial charge in [0.05, 0.1) is 21.1 Å². The number of benzene rings is 3. The van der Waals surface area contributed by atoms with Crippen molar-refractivity contribution in [2.75, 3.05) is 13.2 Å². The number of carbonyl (C=O) groups is 1. The van der Waals surface area contributed by atoms with E-state index >= 15 is 0 Å². The molecule has 0 aliphatic carbocycles. The van der Waals surface area contributed by atoms with Gasteiger partial charge in [0.25, 0.3) is 5.91 Å². The van der Waals surface area contributed by atoms with Crippen LogP contribution >= 0.6 is 23.2 Å². The zero-order chi connectivity index (χ0) is 21.6. The van der Waals surface area contributed by atoms with Crippen LogP contribution < -0.4 is 10.1 Å². The summed E-state index contributed by atoms with van der Waals surface area (Å²) in [5.74, 6) is 1.38. The average molecular weight is 454 g/mol. The lowest BCUT2D eigenvalue weighted by Gasteiger charge is -2.11. The second kappa shape index (κ2) is 9.86. The van der Waals surface area contributed by atoms with Crippen LogP contribution in [0.4, 0.5) is 0 Å². The fraction of sp³-hybridized carbons (Fsp3) is 0.167. The van der Waals surface area contributed by atoms with Gasteiger partial charge in [-0.1, -0.05) is 59.6 Å². The van der Waals surface area contributed by atoms with E-state index in [0.29, 0.717) is 35.3 Å². The molecule has 5 nitrogen and oxygen atoms in total. The first-order valence-electron chi connectivity index (χ1n) is 9.93. The highest BCUT2D eigenvalue weighted by Crippen LogP contribution is 2.24. The summed E-state index contributed by atoms with van der Waals surface area (Å²) in [6, 6.07) is 22.9. The average Bonchev–Trinajstić information content (AvgIpc) is 3.13. The Hall–Kier alpha value is -3.02. The molecule has 0 fully saturated rings. The number of para-hydroxylation sites is 3. The predicted molar refractivity (Wildman–Crippen MR) is 124 cm³/mol. The first kappa shape index (κ1) is 21.2. The third-order valence-electron chi connectivity index (χ3n) is 4.84. The van der Waals surface area contributed by atoms with Gasteiger partial charge in [-0.2, -0.15) is 0 Å². The fourth-order valence-electron chi connectivity index (χ4n) is 3.34. The lowest BCUT2D eigenvalue weighted by molar-refractivity contribution is -0.123. The highest BCUT2D eigenvalue weighted by Gasteiger charge is 2.12. The molecule has 4 aromatic rings. The first-order chi connectivity index (χ1) is 15.1. The van der Waals surface area contributed by atoms with Crippen molar-refractivity contribution in [3.63, 3.8) is 0 Å². The van der Waals surface area contributed by atoms with Gasteiger partial charge >= 0.3 is 0 Å². The number of nitrogens with zero attached hydrogens (tertiary/aromatic N) is 2. The van der Waals surface area contributed by atoms with Crippen molar-refractivity contribution >= 4 is 40.1 Å². The smallest absolute Gasteiger partial charge is 0.257 e. The third kappa shape index (κ3) is 5.37. The molecule has 1 heterocycles. The molecular formula is C24H21Cl2N3O2. The minimum atomic E-state index is -0.170. The summed E-state index contributed by atoms with van der Waals surface area (Å²) in [7, 11) is 0. The van der Waals surface area contributed by atoms with E-state index in [-0.39, 0.29) is 12.5 Å². The van der Waals surface area contributed by atoms with Crippen LogP contribution in [0.3, 0.4) is 0 Å². The maximum absolute atomic E-state index is 12.1. The minimum Gasteiger partial charge on any atom is -0.484 e. The largest absolute Gasteiger partial charge is 0.484 e. The van der Waals surface area contributed by atoms with Crippen LogP contribution in [0.1, 0.15) is 11.4 Å². The van der Waals surface area contributed by atoms with Crippen molar-refractivity contribution in [2.24, 2.45) is 0 Å². The van der Waals surface area contributed by atoms with Crippen molar-refractivity contribution in [1.29, 1.82) is 0 Å². The number of rotatable bonds is 8. The molecule has 0 bridgehead atoms. The van der Waals surface area contributed by atoms with Crippen molar-refractivity contribution in [3.05, 3.63) is 94.2 Å². The molecule has 158 valence electrons. The Morgan fingerprint density at radius 1 is 0.968 bits per heavy atom. The number of ether oxygens (including phenoxy) is 1. The summed E-state index contributed by atoms with van der Waals surface area (Å²) in [5.41, 5.74) is 2.97. The van der Waals surface area contributed by atoms with E-state index < -0.39 is 0 Å². The van der Waals surface area contributed by atoms with Crippen LogP contribution in [0.15, 0.2) is 72.8 Å². The van der Waals surface area contributed by atoms with E-state index in [2.05, 4.69) is 9.88 Å². The van der Waals surface area contributed by atoms with Crippen molar-refractivity contribution in [3.8, 4) is 5.75 Å². The minimum absolute atomic E-state index is 0.0241. The Labute approximate surface area is 190 Å². The Morgan fingerprint density at radius 3 is 2.55 bits per heavy atom. The van der Waals surface area contributed by atoms with Crippen molar-refractivity contribution in [2.45, 2.75) is 13.0 Å². The van der Waals surface area contributed by atoms with Gasteiger partial charge in [-0.3, -0.25) is 4.79 Å². The Morgan fingerprint density at radius 2 is 1.74 bits per heavy atom. The van der Waals surface area contributed by atoms with Crippen LogP contribution in [-0.2, 0) is 17.8 Å². The molecule has 4 rings (SSSR count). The normalized spacial score (nSPS) is 10.9. The van der Waals surface area contributed by atoms with Crippen LogP contribution in [0.2, 0.25) is 10.0 Å².